The highest BCUT2D eigenvalue weighted by Crippen LogP contribution is 2.30. The number of benzene rings is 3. The Bertz CT molecular complexity index is 1370. The molecular weight excluding hydrogens is 484 g/mol. The second-order valence-corrected chi connectivity index (χ2v) is 7.35. The molecule has 3 rings (SSSR count). The molecule has 12 heteroatoms. The van der Waals surface area contributed by atoms with Crippen LogP contribution in [0.5, 0.6) is 17.2 Å². The predicted molar refractivity (Wildman–Crippen MR) is 133 cm³/mol. The average molecular weight is 506 g/mol. The number of carbonyl (C=O) groups excluding carboxylic acids is 3. The quantitative estimate of drug-likeness (QED) is 0.118. The molecule has 0 saturated carbocycles. The molecule has 2 N–H and O–H groups in total. The number of methoxy groups -OCH3 is 2. The highest BCUT2D eigenvalue weighted by Gasteiger charge is 2.22. The SMILES string of the molecule is COc1ccc(NC(=O)C(=O)NN=C(C)c2ccc(OC(=O)c3ccccc3[N+](=O)[O-])c(OC)c2)cc1. The lowest BCUT2D eigenvalue weighted by Crippen LogP contribution is -2.32. The molecule has 0 spiro atoms. The van der Waals surface area contributed by atoms with Gasteiger partial charge in [0.15, 0.2) is 11.5 Å². The maximum Gasteiger partial charge on any atom is 0.350 e. The molecule has 0 heterocycles. The van der Waals surface area contributed by atoms with Crippen LogP contribution in [0.4, 0.5) is 11.4 Å². The van der Waals surface area contributed by atoms with Gasteiger partial charge in [0, 0.05) is 17.3 Å². The minimum atomic E-state index is -0.989. The number of esters is 1. The number of ether oxygens (including phenoxy) is 3. The van der Waals surface area contributed by atoms with Crippen LogP contribution >= 0.6 is 0 Å². The van der Waals surface area contributed by atoms with Crippen molar-refractivity contribution in [1.29, 1.82) is 0 Å². The van der Waals surface area contributed by atoms with Crippen molar-refractivity contribution >= 4 is 34.9 Å². The van der Waals surface area contributed by atoms with Crippen molar-refractivity contribution in [2.24, 2.45) is 5.10 Å². The van der Waals surface area contributed by atoms with Gasteiger partial charge in [-0.25, -0.2) is 10.2 Å². The van der Waals surface area contributed by atoms with Crippen LogP contribution in [0.1, 0.15) is 22.8 Å². The van der Waals surface area contributed by atoms with Crippen LogP contribution in [0.25, 0.3) is 0 Å². The summed E-state index contributed by atoms with van der Waals surface area (Å²) in [6.07, 6.45) is 0. The van der Waals surface area contributed by atoms with Crippen LogP contribution < -0.4 is 25.0 Å². The molecule has 12 nitrogen and oxygen atoms in total. The highest BCUT2D eigenvalue weighted by molar-refractivity contribution is 6.39. The molecule has 0 atom stereocenters. The molecule has 0 fully saturated rings. The Balaban J connectivity index is 1.68. The van der Waals surface area contributed by atoms with Gasteiger partial charge in [0.25, 0.3) is 5.69 Å². The van der Waals surface area contributed by atoms with Gasteiger partial charge < -0.3 is 19.5 Å². The van der Waals surface area contributed by atoms with Crippen LogP contribution in [-0.4, -0.2) is 42.6 Å². The van der Waals surface area contributed by atoms with Crippen LogP contribution in [0, 0.1) is 10.1 Å². The molecule has 0 bridgehead atoms. The second-order valence-electron chi connectivity index (χ2n) is 7.35. The third-order valence-corrected chi connectivity index (χ3v) is 4.98. The maximum absolute atomic E-state index is 12.5. The maximum atomic E-state index is 12.5. The number of carbonyl (C=O) groups is 3. The summed E-state index contributed by atoms with van der Waals surface area (Å²) in [5, 5.41) is 17.6. The van der Waals surface area contributed by atoms with E-state index < -0.39 is 28.4 Å². The lowest BCUT2D eigenvalue weighted by Gasteiger charge is -2.11. The Morgan fingerprint density at radius 3 is 2.24 bits per heavy atom. The molecule has 190 valence electrons. The van der Waals surface area contributed by atoms with Gasteiger partial charge in [0.1, 0.15) is 11.3 Å². The zero-order chi connectivity index (χ0) is 26.9. The van der Waals surface area contributed by atoms with E-state index in [2.05, 4.69) is 15.8 Å². The van der Waals surface area contributed by atoms with E-state index in [9.17, 15) is 24.5 Å². The molecule has 0 aromatic heterocycles. The lowest BCUT2D eigenvalue weighted by atomic mass is 10.1. The van der Waals surface area contributed by atoms with Crippen molar-refractivity contribution in [2.45, 2.75) is 6.92 Å². The summed E-state index contributed by atoms with van der Waals surface area (Å²) in [5.41, 5.74) is 2.77. The molecule has 0 aliphatic rings. The van der Waals surface area contributed by atoms with E-state index in [1.807, 2.05) is 0 Å². The number of nitro benzene ring substituents is 1. The van der Waals surface area contributed by atoms with Gasteiger partial charge in [-0.05, 0) is 55.5 Å². The fraction of sp³-hybridized carbons (Fsp3) is 0.120. The number of anilines is 1. The molecule has 0 aliphatic carbocycles. The van der Waals surface area contributed by atoms with Crippen LogP contribution in [0.15, 0.2) is 71.8 Å². The van der Waals surface area contributed by atoms with Gasteiger partial charge in [0.05, 0.1) is 24.9 Å². The number of nitrogens with zero attached hydrogens (tertiary/aromatic N) is 2. The first-order valence-corrected chi connectivity index (χ1v) is 10.7. The number of hydrazone groups is 1. The molecule has 3 aromatic carbocycles. The summed E-state index contributed by atoms with van der Waals surface area (Å²) in [6, 6.07) is 16.3. The van der Waals surface area contributed by atoms with Gasteiger partial charge in [-0.1, -0.05) is 12.1 Å². The highest BCUT2D eigenvalue weighted by atomic mass is 16.6. The molecular formula is C25H22N4O8. The Kier molecular flexibility index (Phi) is 8.49. The van der Waals surface area contributed by atoms with E-state index in [0.29, 0.717) is 22.7 Å². The van der Waals surface area contributed by atoms with Crippen molar-refractivity contribution in [3.8, 4) is 17.2 Å². The lowest BCUT2D eigenvalue weighted by molar-refractivity contribution is -0.385. The van der Waals surface area contributed by atoms with Gasteiger partial charge in [-0.3, -0.25) is 19.7 Å². The summed E-state index contributed by atoms with van der Waals surface area (Å²) in [7, 11) is 2.86. The molecule has 0 aliphatic heterocycles. The van der Waals surface area contributed by atoms with E-state index in [-0.39, 0.29) is 17.1 Å². The largest absolute Gasteiger partial charge is 0.497 e. The number of nitro groups is 1. The minimum Gasteiger partial charge on any atom is -0.497 e. The zero-order valence-corrected chi connectivity index (χ0v) is 20.0. The standard InChI is InChI=1S/C25H22N4O8/c1-15(27-28-24(31)23(30)26-17-9-11-18(35-2)12-10-17)16-8-13-21(22(14-16)36-3)37-25(32)19-6-4-5-7-20(19)29(33)34/h4-14H,1-3H3,(H,26,30)(H,28,31). The first-order chi connectivity index (χ1) is 17.7. The number of rotatable bonds is 8. The predicted octanol–water partition coefficient (Wildman–Crippen LogP) is 3.31. The number of hydrogen-bond acceptors (Lipinski definition) is 9. The van der Waals surface area contributed by atoms with Crippen LogP contribution in [0.2, 0.25) is 0 Å². The monoisotopic (exact) mass is 506 g/mol. The van der Waals surface area contributed by atoms with Gasteiger partial charge in [0.2, 0.25) is 0 Å². The van der Waals surface area contributed by atoms with E-state index >= 15 is 0 Å². The Labute approximate surface area is 211 Å². The Hall–Kier alpha value is -5.26. The molecule has 2 amide bonds. The van der Waals surface area contributed by atoms with Crippen LogP contribution in [0.3, 0.4) is 0 Å². The molecule has 37 heavy (non-hydrogen) atoms. The topological polar surface area (TPSA) is 158 Å². The van der Waals surface area contributed by atoms with E-state index in [1.165, 1.54) is 56.7 Å². The fourth-order valence-corrected chi connectivity index (χ4v) is 3.05. The summed E-state index contributed by atoms with van der Waals surface area (Å²) in [6.45, 7) is 1.58. The molecule has 3 aromatic rings. The van der Waals surface area contributed by atoms with E-state index in [4.69, 9.17) is 14.2 Å². The van der Waals surface area contributed by atoms with Gasteiger partial charge >= 0.3 is 17.8 Å². The zero-order valence-electron chi connectivity index (χ0n) is 20.0. The number of nitrogens with one attached hydrogen (secondary N) is 2. The van der Waals surface area contributed by atoms with Crippen LogP contribution in [-0.2, 0) is 9.59 Å². The fourth-order valence-electron chi connectivity index (χ4n) is 3.05. The summed E-state index contributed by atoms with van der Waals surface area (Å²) < 4.78 is 15.6. The first-order valence-electron chi connectivity index (χ1n) is 10.7. The summed E-state index contributed by atoms with van der Waals surface area (Å²) >= 11 is 0. The second kappa shape index (κ2) is 11.9. The number of amides is 2. The third kappa shape index (κ3) is 6.66. The first kappa shape index (κ1) is 26.3. The number of hydrogen-bond donors (Lipinski definition) is 2. The Morgan fingerprint density at radius 1 is 0.892 bits per heavy atom. The van der Waals surface area contributed by atoms with Crippen molar-refractivity contribution in [3.05, 3.63) is 88.0 Å². The summed E-state index contributed by atoms with van der Waals surface area (Å²) in [5.74, 6) is -2.08. The van der Waals surface area contributed by atoms with Crippen molar-refractivity contribution in [1.82, 2.24) is 5.43 Å². The van der Waals surface area contributed by atoms with Gasteiger partial charge in [-0.2, -0.15) is 5.10 Å². The summed E-state index contributed by atoms with van der Waals surface area (Å²) in [4.78, 5) is 47.3. The van der Waals surface area contributed by atoms with E-state index in [0.717, 1.165) is 0 Å². The van der Waals surface area contributed by atoms with Gasteiger partial charge in [-0.15, -0.1) is 0 Å². The third-order valence-electron chi connectivity index (χ3n) is 4.98. The molecule has 0 saturated heterocycles. The average Bonchev–Trinajstić information content (AvgIpc) is 2.91. The smallest absolute Gasteiger partial charge is 0.350 e. The molecule has 0 radical (unpaired) electrons. The molecule has 0 unspecified atom stereocenters. The minimum absolute atomic E-state index is 0.0186. The van der Waals surface area contributed by atoms with E-state index in [1.54, 1.807) is 31.2 Å². The van der Waals surface area contributed by atoms with Crippen molar-refractivity contribution in [3.63, 3.8) is 0 Å². The normalized spacial score (nSPS) is 10.7. The van der Waals surface area contributed by atoms with Crippen molar-refractivity contribution < 1.29 is 33.5 Å². The Morgan fingerprint density at radius 2 is 1.59 bits per heavy atom. The number of para-hydroxylation sites is 1. The van der Waals surface area contributed by atoms with Crippen molar-refractivity contribution in [2.75, 3.05) is 19.5 Å².